The Bertz CT molecular complexity index is 655. The summed E-state index contributed by atoms with van der Waals surface area (Å²) in [6, 6.07) is 8.42. The van der Waals surface area contributed by atoms with E-state index in [0.29, 0.717) is 24.9 Å². The van der Waals surface area contributed by atoms with Crippen LogP contribution in [0, 0.1) is 17.2 Å². The minimum atomic E-state index is -1.01. The molecule has 0 spiro atoms. The second-order valence-electron chi connectivity index (χ2n) is 7.10. The molecule has 0 radical (unpaired) electrons. The third-order valence-corrected chi connectivity index (χ3v) is 3.91. The second kappa shape index (κ2) is 6.91. The minimum absolute atomic E-state index is 0.0477. The van der Waals surface area contributed by atoms with E-state index in [1.165, 1.54) is 4.90 Å². The molecule has 6 heteroatoms. The lowest BCUT2D eigenvalue weighted by Gasteiger charge is -2.26. The van der Waals surface area contributed by atoms with Crippen LogP contribution in [0.25, 0.3) is 0 Å². The van der Waals surface area contributed by atoms with Gasteiger partial charge >= 0.3 is 12.1 Å². The first-order valence-corrected chi connectivity index (χ1v) is 7.91. The number of likely N-dealkylation sites (tertiary alicyclic amines) is 1. The summed E-state index contributed by atoms with van der Waals surface area (Å²) in [4.78, 5) is 25.0. The quantitative estimate of drug-likeness (QED) is 0.920. The number of carboxylic acids is 1. The Kier molecular flexibility index (Phi) is 5.13. The van der Waals surface area contributed by atoms with Crippen LogP contribution in [0.3, 0.4) is 0 Å². The molecule has 1 aliphatic heterocycles. The zero-order valence-corrected chi connectivity index (χ0v) is 14.2. The molecule has 0 saturated carbocycles. The summed E-state index contributed by atoms with van der Waals surface area (Å²) >= 11 is 0. The van der Waals surface area contributed by atoms with Gasteiger partial charge in [0.25, 0.3) is 0 Å². The van der Waals surface area contributed by atoms with Gasteiger partial charge in [0, 0.05) is 6.54 Å². The Morgan fingerprint density at radius 1 is 1.33 bits per heavy atom. The van der Waals surface area contributed by atoms with Crippen molar-refractivity contribution < 1.29 is 19.4 Å². The Hall–Kier alpha value is -2.55. The van der Waals surface area contributed by atoms with Gasteiger partial charge in [-0.25, -0.2) is 9.59 Å². The molecule has 1 saturated heterocycles. The Morgan fingerprint density at radius 2 is 1.96 bits per heavy atom. The van der Waals surface area contributed by atoms with E-state index in [1.54, 1.807) is 32.9 Å². The number of rotatable bonds is 3. The Labute approximate surface area is 141 Å². The summed E-state index contributed by atoms with van der Waals surface area (Å²) in [5, 5.41) is 18.2. The second-order valence-corrected chi connectivity index (χ2v) is 7.10. The monoisotopic (exact) mass is 330 g/mol. The molecule has 128 valence electrons. The molecule has 1 heterocycles. The van der Waals surface area contributed by atoms with Crippen LogP contribution in [0.1, 0.15) is 38.3 Å². The third kappa shape index (κ3) is 4.48. The number of benzene rings is 1. The van der Waals surface area contributed by atoms with E-state index in [9.17, 15) is 14.7 Å². The number of carboxylic acid groups (broad SMARTS) is 1. The van der Waals surface area contributed by atoms with E-state index in [4.69, 9.17) is 10.00 Å². The lowest BCUT2D eigenvalue weighted by molar-refractivity contribution is -0.142. The van der Waals surface area contributed by atoms with Crippen LogP contribution in [-0.4, -0.2) is 40.3 Å². The first-order chi connectivity index (χ1) is 11.2. The van der Waals surface area contributed by atoms with Crippen molar-refractivity contribution in [2.75, 3.05) is 6.54 Å². The Balaban J connectivity index is 2.07. The van der Waals surface area contributed by atoms with Crippen molar-refractivity contribution in [2.24, 2.45) is 5.92 Å². The number of hydrogen-bond acceptors (Lipinski definition) is 4. The van der Waals surface area contributed by atoms with Crippen molar-refractivity contribution in [3.05, 3.63) is 35.4 Å². The molecule has 1 amide bonds. The number of amides is 1. The lowest BCUT2D eigenvalue weighted by Crippen LogP contribution is -2.43. The van der Waals surface area contributed by atoms with Crippen LogP contribution >= 0.6 is 0 Å². The first-order valence-electron chi connectivity index (χ1n) is 7.91. The highest BCUT2D eigenvalue weighted by Crippen LogP contribution is 2.28. The molecule has 24 heavy (non-hydrogen) atoms. The van der Waals surface area contributed by atoms with Crippen LogP contribution in [0.15, 0.2) is 24.3 Å². The molecule has 1 aromatic rings. The smallest absolute Gasteiger partial charge is 0.411 e. The lowest BCUT2D eigenvalue weighted by atomic mass is 9.96. The molecular formula is C18H22N2O4. The van der Waals surface area contributed by atoms with Gasteiger partial charge in [-0.2, -0.15) is 5.26 Å². The minimum Gasteiger partial charge on any atom is -0.480 e. The molecule has 2 atom stereocenters. The molecule has 0 aromatic heterocycles. The molecule has 0 unspecified atom stereocenters. The van der Waals surface area contributed by atoms with E-state index in [0.717, 1.165) is 5.56 Å². The maximum atomic E-state index is 12.3. The van der Waals surface area contributed by atoms with Crippen LogP contribution in [0.4, 0.5) is 4.79 Å². The van der Waals surface area contributed by atoms with Crippen molar-refractivity contribution in [1.29, 1.82) is 5.26 Å². The topological polar surface area (TPSA) is 90.6 Å². The number of carbonyl (C=O) groups is 2. The molecule has 0 aliphatic carbocycles. The summed E-state index contributed by atoms with van der Waals surface area (Å²) in [5.41, 5.74) is 0.948. The number of nitriles is 1. The molecule has 1 fully saturated rings. The molecule has 1 aromatic carbocycles. The van der Waals surface area contributed by atoms with Gasteiger partial charge in [-0.3, -0.25) is 4.90 Å². The maximum absolute atomic E-state index is 12.3. The zero-order valence-electron chi connectivity index (χ0n) is 14.2. The summed E-state index contributed by atoms with van der Waals surface area (Å²) in [5.74, 6) is -0.963. The van der Waals surface area contributed by atoms with Gasteiger partial charge in [0.2, 0.25) is 0 Å². The van der Waals surface area contributed by atoms with E-state index >= 15 is 0 Å². The standard InChI is InChI=1S/C18H22N2O4/c1-18(2,3)24-17(23)20-11-14(9-15(20)16(21)22)8-12-4-6-13(10-19)7-5-12/h4-7,14-15H,8-9,11H2,1-3H3,(H,21,22)/t14-,15+/m1/s1. The SMILES string of the molecule is CC(C)(C)OC(=O)N1C[C@H](Cc2ccc(C#N)cc2)C[C@H]1C(=O)O. The first kappa shape index (κ1) is 17.8. The van der Waals surface area contributed by atoms with Crippen molar-refractivity contribution in [3.8, 4) is 6.07 Å². The number of aliphatic carboxylic acids is 1. The van der Waals surface area contributed by atoms with Gasteiger partial charge in [0.15, 0.2) is 0 Å². The fourth-order valence-electron chi connectivity index (χ4n) is 2.88. The molecule has 1 aliphatic rings. The number of hydrogen-bond donors (Lipinski definition) is 1. The summed E-state index contributed by atoms with van der Waals surface area (Å²) in [7, 11) is 0. The molecule has 2 rings (SSSR count). The number of nitrogens with zero attached hydrogens (tertiary/aromatic N) is 2. The largest absolute Gasteiger partial charge is 0.480 e. The van der Waals surface area contributed by atoms with Gasteiger partial charge in [0.1, 0.15) is 11.6 Å². The highest BCUT2D eigenvalue weighted by Gasteiger charge is 2.41. The van der Waals surface area contributed by atoms with Crippen LogP contribution in [0.2, 0.25) is 0 Å². The van der Waals surface area contributed by atoms with Gasteiger partial charge < -0.3 is 9.84 Å². The molecule has 1 N–H and O–H groups in total. The zero-order chi connectivity index (χ0) is 17.9. The van der Waals surface area contributed by atoms with Gasteiger partial charge in [-0.15, -0.1) is 0 Å². The van der Waals surface area contributed by atoms with Crippen molar-refractivity contribution in [1.82, 2.24) is 4.90 Å². The van der Waals surface area contributed by atoms with Crippen LogP contribution in [-0.2, 0) is 16.0 Å². The predicted molar refractivity (Wildman–Crippen MR) is 87.3 cm³/mol. The highest BCUT2D eigenvalue weighted by molar-refractivity contribution is 5.81. The number of ether oxygens (including phenoxy) is 1. The number of carbonyl (C=O) groups excluding carboxylic acids is 1. The van der Waals surface area contributed by atoms with Gasteiger partial charge in [-0.1, -0.05) is 12.1 Å². The van der Waals surface area contributed by atoms with Gasteiger partial charge in [-0.05, 0) is 57.2 Å². The third-order valence-electron chi connectivity index (χ3n) is 3.91. The summed E-state index contributed by atoms with van der Waals surface area (Å²) < 4.78 is 5.32. The van der Waals surface area contributed by atoms with Crippen LogP contribution in [0.5, 0.6) is 0 Å². The average Bonchev–Trinajstić information content (AvgIpc) is 2.90. The van der Waals surface area contributed by atoms with E-state index in [2.05, 4.69) is 6.07 Å². The molecule has 6 nitrogen and oxygen atoms in total. The fraction of sp³-hybridized carbons (Fsp3) is 0.500. The van der Waals surface area contributed by atoms with Crippen molar-refractivity contribution >= 4 is 12.1 Å². The van der Waals surface area contributed by atoms with E-state index < -0.39 is 23.7 Å². The fourth-order valence-corrected chi connectivity index (χ4v) is 2.88. The van der Waals surface area contributed by atoms with Crippen molar-refractivity contribution in [2.45, 2.75) is 45.3 Å². The summed E-state index contributed by atoms with van der Waals surface area (Å²) in [6.07, 6.45) is 0.473. The Morgan fingerprint density at radius 3 is 2.46 bits per heavy atom. The molecular weight excluding hydrogens is 308 g/mol. The van der Waals surface area contributed by atoms with Gasteiger partial charge in [0.05, 0.1) is 11.6 Å². The van der Waals surface area contributed by atoms with E-state index in [1.807, 2.05) is 12.1 Å². The average molecular weight is 330 g/mol. The summed E-state index contributed by atoms with van der Waals surface area (Å²) in [6.45, 7) is 5.62. The normalized spacial score (nSPS) is 20.5. The maximum Gasteiger partial charge on any atom is 0.411 e. The van der Waals surface area contributed by atoms with E-state index in [-0.39, 0.29) is 5.92 Å². The molecule has 0 bridgehead atoms. The van der Waals surface area contributed by atoms with Crippen LogP contribution < -0.4 is 0 Å². The van der Waals surface area contributed by atoms with Crippen molar-refractivity contribution in [3.63, 3.8) is 0 Å². The highest BCUT2D eigenvalue weighted by atomic mass is 16.6. The predicted octanol–water partition coefficient (Wildman–Crippen LogP) is 2.81.